The van der Waals surface area contributed by atoms with Gasteiger partial charge in [0.1, 0.15) is 6.26 Å². The van der Waals surface area contributed by atoms with Gasteiger partial charge in [0.2, 0.25) is 0 Å². The predicted octanol–water partition coefficient (Wildman–Crippen LogP) is 0.458. The normalized spacial score (nSPS) is 19.8. The highest BCUT2D eigenvalue weighted by Crippen LogP contribution is 2.25. The first-order valence-corrected chi connectivity index (χ1v) is 7.01. The van der Waals surface area contributed by atoms with Gasteiger partial charge < -0.3 is 9.84 Å². The molecule has 2 amide bonds. The van der Waals surface area contributed by atoms with Crippen molar-refractivity contribution >= 4 is 11.7 Å². The van der Waals surface area contributed by atoms with E-state index in [9.17, 15) is 4.79 Å². The maximum Gasteiger partial charge on any atom is 0.322 e. The molecule has 2 aromatic heterocycles. The number of aromatic nitrogens is 3. The van der Waals surface area contributed by atoms with Gasteiger partial charge in [-0.05, 0) is 0 Å². The van der Waals surface area contributed by atoms with Crippen LogP contribution in [0, 0.1) is 0 Å². The lowest BCUT2D eigenvalue weighted by molar-refractivity contribution is 0.0884. The van der Waals surface area contributed by atoms with Crippen LogP contribution in [-0.2, 0) is 6.54 Å². The fourth-order valence-electron chi connectivity index (χ4n) is 2.77. The Hall–Kier alpha value is -2.35. The van der Waals surface area contributed by atoms with Crippen molar-refractivity contribution < 1.29 is 9.32 Å². The maximum atomic E-state index is 11.6. The molecular weight excluding hydrogens is 272 g/mol. The third-order valence-electron chi connectivity index (χ3n) is 3.95. The van der Waals surface area contributed by atoms with Crippen LogP contribution < -0.4 is 10.2 Å². The second-order valence-corrected chi connectivity index (χ2v) is 5.40. The van der Waals surface area contributed by atoms with Crippen molar-refractivity contribution in [2.75, 3.05) is 31.1 Å². The molecule has 2 fully saturated rings. The summed E-state index contributed by atoms with van der Waals surface area (Å²) in [6.45, 7) is 4.06. The lowest BCUT2D eigenvalue weighted by atomic mass is 10.1. The number of carbonyl (C=O) groups excluding carboxylic acids is 1. The number of nitrogens with one attached hydrogen (secondary N) is 1. The summed E-state index contributed by atoms with van der Waals surface area (Å²) < 4.78 is 6.77. The van der Waals surface area contributed by atoms with Gasteiger partial charge in [0, 0.05) is 45.0 Å². The van der Waals surface area contributed by atoms with Crippen LogP contribution in [0.1, 0.15) is 11.7 Å². The van der Waals surface area contributed by atoms with E-state index in [1.165, 1.54) is 0 Å². The number of urea groups is 1. The number of hydrogen-bond acceptors (Lipinski definition) is 5. The zero-order chi connectivity index (χ0) is 14.2. The molecule has 4 heterocycles. The summed E-state index contributed by atoms with van der Waals surface area (Å²) in [7, 11) is 0. The standard InChI is InChI=1S/C13H16N6O2/c20-13-14-2-3-18(13)11-5-15-19(9-11)12-7-17(8-12)6-10-1-4-21-16-10/h1,4-5,9,12H,2-3,6-8H2,(H,14,20). The van der Waals surface area contributed by atoms with E-state index in [4.69, 9.17) is 4.52 Å². The van der Waals surface area contributed by atoms with Gasteiger partial charge in [0.15, 0.2) is 0 Å². The summed E-state index contributed by atoms with van der Waals surface area (Å²) in [4.78, 5) is 15.6. The first-order chi connectivity index (χ1) is 10.3. The van der Waals surface area contributed by atoms with Crippen molar-refractivity contribution in [2.24, 2.45) is 0 Å². The van der Waals surface area contributed by atoms with Crippen LogP contribution >= 0.6 is 0 Å². The molecule has 110 valence electrons. The molecule has 2 aliphatic rings. The molecule has 2 saturated heterocycles. The summed E-state index contributed by atoms with van der Waals surface area (Å²) in [5.74, 6) is 0. The van der Waals surface area contributed by atoms with Crippen LogP contribution in [0.3, 0.4) is 0 Å². The molecule has 2 aliphatic heterocycles. The van der Waals surface area contributed by atoms with Crippen LogP contribution in [0.15, 0.2) is 29.2 Å². The largest absolute Gasteiger partial charge is 0.364 e. The lowest BCUT2D eigenvalue weighted by Crippen LogP contribution is -2.47. The number of anilines is 1. The van der Waals surface area contributed by atoms with Crippen molar-refractivity contribution in [3.63, 3.8) is 0 Å². The third kappa shape index (κ3) is 2.27. The second kappa shape index (κ2) is 4.88. The molecule has 0 bridgehead atoms. The van der Waals surface area contributed by atoms with E-state index in [1.807, 2.05) is 16.9 Å². The van der Waals surface area contributed by atoms with Crippen molar-refractivity contribution in [2.45, 2.75) is 12.6 Å². The van der Waals surface area contributed by atoms with Crippen LogP contribution in [0.5, 0.6) is 0 Å². The number of amides is 2. The summed E-state index contributed by atoms with van der Waals surface area (Å²) in [5, 5.41) is 11.1. The first-order valence-electron chi connectivity index (χ1n) is 7.01. The quantitative estimate of drug-likeness (QED) is 0.884. The van der Waals surface area contributed by atoms with Crippen molar-refractivity contribution in [3.8, 4) is 0 Å². The van der Waals surface area contributed by atoms with Gasteiger partial charge >= 0.3 is 6.03 Å². The van der Waals surface area contributed by atoms with Gasteiger partial charge in [-0.2, -0.15) is 5.10 Å². The molecule has 0 atom stereocenters. The second-order valence-electron chi connectivity index (χ2n) is 5.40. The summed E-state index contributed by atoms with van der Waals surface area (Å²) >= 11 is 0. The Morgan fingerprint density at radius 1 is 1.43 bits per heavy atom. The van der Waals surface area contributed by atoms with E-state index in [2.05, 4.69) is 20.5 Å². The SMILES string of the molecule is O=C1NCCN1c1cnn(C2CN(Cc3ccon3)C2)c1. The highest BCUT2D eigenvalue weighted by atomic mass is 16.5. The fourth-order valence-corrected chi connectivity index (χ4v) is 2.77. The molecule has 2 aromatic rings. The minimum atomic E-state index is -0.0455. The fraction of sp³-hybridized carbons (Fsp3) is 0.462. The Morgan fingerprint density at radius 3 is 3.05 bits per heavy atom. The van der Waals surface area contributed by atoms with E-state index in [0.29, 0.717) is 19.1 Å². The number of hydrogen-bond donors (Lipinski definition) is 1. The van der Waals surface area contributed by atoms with Crippen LogP contribution in [0.4, 0.5) is 10.5 Å². The summed E-state index contributed by atoms with van der Waals surface area (Å²) in [6.07, 6.45) is 5.29. The number of nitrogens with zero attached hydrogens (tertiary/aromatic N) is 5. The van der Waals surface area contributed by atoms with E-state index in [-0.39, 0.29) is 6.03 Å². The van der Waals surface area contributed by atoms with E-state index in [1.54, 1.807) is 17.4 Å². The van der Waals surface area contributed by atoms with E-state index >= 15 is 0 Å². The number of carbonyl (C=O) groups is 1. The molecule has 8 nitrogen and oxygen atoms in total. The highest BCUT2D eigenvalue weighted by Gasteiger charge is 2.30. The zero-order valence-corrected chi connectivity index (χ0v) is 11.5. The highest BCUT2D eigenvalue weighted by molar-refractivity contribution is 5.93. The molecule has 0 aliphatic carbocycles. The molecule has 0 aromatic carbocycles. The first kappa shape index (κ1) is 12.4. The molecule has 0 saturated carbocycles. The Bertz CT molecular complexity index is 631. The Kier molecular flexibility index (Phi) is 2.88. The van der Waals surface area contributed by atoms with E-state index in [0.717, 1.165) is 31.0 Å². The number of rotatable bonds is 4. The third-order valence-corrected chi connectivity index (χ3v) is 3.95. The van der Waals surface area contributed by atoms with Gasteiger partial charge in [-0.1, -0.05) is 5.16 Å². The Balaban J connectivity index is 1.36. The van der Waals surface area contributed by atoms with Gasteiger partial charge in [-0.3, -0.25) is 14.5 Å². The molecule has 8 heteroatoms. The van der Waals surface area contributed by atoms with Crippen LogP contribution in [0.2, 0.25) is 0 Å². The monoisotopic (exact) mass is 288 g/mol. The Labute approximate surface area is 121 Å². The molecule has 0 spiro atoms. The minimum Gasteiger partial charge on any atom is -0.364 e. The molecule has 0 unspecified atom stereocenters. The van der Waals surface area contributed by atoms with Gasteiger partial charge in [-0.25, -0.2) is 4.79 Å². The zero-order valence-electron chi connectivity index (χ0n) is 11.5. The summed E-state index contributed by atoms with van der Waals surface area (Å²) in [6, 6.07) is 2.19. The maximum absolute atomic E-state index is 11.6. The Morgan fingerprint density at radius 2 is 2.33 bits per heavy atom. The lowest BCUT2D eigenvalue weighted by Gasteiger charge is -2.38. The van der Waals surface area contributed by atoms with E-state index < -0.39 is 0 Å². The number of likely N-dealkylation sites (tertiary alicyclic amines) is 1. The van der Waals surface area contributed by atoms with Crippen molar-refractivity contribution in [1.82, 2.24) is 25.2 Å². The molecule has 0 radical (unpaired) electrons. The molecule has 4 rings (SSSR count). The van der Waals surface area contributed by atoms with Crippen molar-refractivity contribution in [3.05, 3.63) is 30.4 Å². The smallest absolute Gasteiger partial charge is 0.322 e. The molecular formula is C13H16N6O2. The van der Waals surface area contributed by atoms with Crippen molar-refractivity contribution in [1.29, 1.82) is 0 Å². The molecule has 1 N–H and O–H groups in total. The summed E-state index contributed by atoms with van der Waals surface area (Å²) in [5.41, 5.74) is 1.81. The molecule has 21 heavy (non-hydrogen) atoms. The minimum absolute atomic E-state index is 0.0455. The average Bonchev–Trinajstić information content (AvgIpc) is 3.14. The van der Waals surface area contributed by atoms with Crippen LogP contribution in [-0.4, -0.2) is 52.0 Å². The predicted molar refractivity (Wildman–Crippen MR) is 73.8 cm³/mol. The topological polar surface area (TPSA) is 79.4 Å². The van der Waals surface area contributed by atoms with Gasteiger partial charge in [-0.15, -0.1) is 0 Å². The average molecular weight is 288 g/mol. The van der Waals surface area contributed by atoms with Gasteiger partial charge in [0.25, 0.3) is 0 Å². The van der Waals surface area contributed by atoms with Gasteiger partial charge in [0.05, 0.1) is 23.6 Å². The van der Waals surface area contributed by atoms with Crippen LogP contribution in [0.25, 0.3) is 0 Å².